The number of imidazole rings is 1. The lowest BCUT2D eigenvalue weighted by Gasteiger charge is -2.34. The number of hydrogen-bond donors (Lipinski definition) is 3. The number of halogens is 1. The smallest absolute Gasteiger partial charge is 0.274 e. The third-order valence-corrected chi connectivity index (χ3v) is 6.48. The van der Waals surface area contributed by atoms with Gasteiger partial charge in [0.05, 0.1) is 27.3 Å². The highest BCUT2D eigenvalue weighted by atomic mass is 35.5. The lowest BCUT2D eigenvalue weighted by Crippen LogP contribution is -2.44. The second-order valence-electron chi connectivity index (χ2n) is 8.51. The Hall–Kier alpha value is -3.83. The molecule has 176 valence electrons. The number of H-pyrrole nitrogens is 1. The normalized spacial score (nSPS) is 14.0. The van der Waals surface area contributed by atoms with Crippen molar-refractivity contribution in [3.05, 3.63) is 82.4 Å². The third kappa shape index (κ3) is 4.86. The van der Waals surface area contributed by atoms with Gasteiger partial charge in [-0.25, -0.2) is 10.5 Å². The Labute approximate surface area is 208 Å². The summed E-state index contributed by atoms with van der Waals surface area (Å²) in [5.74, 6) is 6.62. The van der Waals surface area contributed by atoms with Crippen LogP contribution in [-0.4, -0.2) is 59.2 Å². The van der Waals surface area contributed by atoms with Crippen LogP contribution in [0.15, 0.2) is 60.7 Å². The van der Waals surface area contributed by atoms with Crippen molar-refractivity contribution in [3.63, 3.8) is 0 Å². The molecule has 4 aromatic rings. The number of hydroxylamine groups is 1. The summed E-state index contributed by atoms with van der Waals surface area (Å²) in [5, 5.41) is 9.59. The fourth-order valence-electron chi connectivity index (χ4n) is 4.16. The summed E-state index contributed by atoms with van der Waals surface area (Å²) in [5.41, 5.74) is 7.13. The highest BCUT2D eigenvalue weighted by molar-refractivity contribution is 6.31. The SMILES string of the molecule is CN1CCN(c2cc3nc(-c4cccc(C(=O)NO)c4)[nH]c3cc2C#Cc2ccccc2Cl)CC1. The molecule has 0 aliphatic carbocycles. The summed E-state index contributed by atoms with van der Waals surface area (Å²) in [4.78, 5) is 24.7. The van der Waals surface area contributed by atoms with E-state index >= 15 is 0 Å². The van der Waals surface area contributed by atoms with Crippen LogP contribution >= 0.6 is 11.6 Å². The number of amides is 1. The Balaban J connectivity index is 1.59. The molecule has 3 aromatic carbocycles. The standard InChI is InChI=1S/C27H24ClN5O2/c1-32-11-13-33(14-12-32)25-17-24-23(16-19(25)10-9-18-5-2-3-8-22(18)28)29-26(30-24)20-6-4-7-21(15-20)27(34)31-35/h2-8,15-17,35H,11-14H2,1H3,(H,29,30)(H,31,34). The molecule has 0 unspecified atom stereocenters. The summed E-state index contributed by atoms with van der Waals surface area (Å²) in [6.07, 6.45) is 0. The van der Waals surface area contributed by atoms with Crippen molar-refractivity contribution in [1.82, 2.24) is 20.3 Å². The van der Waals surface area contributed by atoms with Gasteiger partial charge in [-0.05, 0) is 43.4 Å². The molecule has 0 spiro atoms. The van der Waals surface area contributed by atoms with Crippen molar-refractivity contribution in [3.8, 4) is 23.2 Å². The van der Waals surface area contributed by atoms with E-state index in [1.807, 2.05) is 36.4 Å². The first-order chi connectivity index (χ1) is 17.0. The number of rotatable bonds is 3. The van der Waals surface area contributed by atoms with Crippen molar-refractivity contribution in [2.45, 2.75) is 0 Å². The number of aromatic nitrogens is 2. The van der Waals surface area contributed by atoms with Crippen LogP contribution in [0.4, 0.5) is 5.69 Å². The van der Waals surface area contributed by atoms with E-state index in [0.29, 0.717) is 16.4 Å². The average Bonchev–Trinajstić information content (AvgIpc) is 3.31. The van der Waals surface area contributed by atoms with Crippen LogP contribution in [0.25, 0.3) is 22.4 Å². The first kappa shape index (κ1) is 22.9. The molecule has 8 heteroatoms. The van der Waals surface area contributed by atoms with Crippen molar-refractivity contribution in [2.24, 2.45) is 0 Å². The van der Waals surface area contributed by atoms with Gasteiger partial charge in [-0.2, -0.15) is 0 Å². The van der Waals surface area contributed by atoms with E-state index in [0.717, 1.165) is 59.6 Å². The Bertz CT molecular complexity index is 1460. The van der Waals surface area contributed by atoms with E-state index in [4.69, 9.17) is 21.8 Å². The van der Waals surface area contributed by atoms with Crippen molar-refractivity contribution >= 4 is 34.2 Å². The third-order valence-electron chi connectivity index (χ3n) is 6.15. The highest BCUT2D eigenvalue weighted by Gasteiger charge is 2.19. The molecule has 1 amide bonds. The van der Waals surface area contributed by atoms with Crippen LogP contribution in [0, 0.1) is 11.8 Å². The molecular weight excluding hydrogens is 462 g/mol. The van der Waals surface area contributed by atoms with Gasteiger partial charge >= 0.3 is 0 Å². The summed E-state index contributed by atoms with van der Waals surface area (Å²) in [7, 11) is 2.13. The van der Waals surface area contributed by atoms with Gasteiger partial charge in [0, 0.05) is 42.9 Å². The predicted molar refractivity (Wildman–Crippen MR) is 138 cm³/mol. The monoisotopic (exact) mass is 485 g/mol. The van der Waals surface area contributed by atoms with Crippen LogP contribution in [0.1, 0.15) is 21.5 Å². The summed E-state index contributed by atoms with van der Waals surface area (Å²) >= 11 is 6.33. The van der Waals surface area contributed by atoms with Crippen LogP contribution < -0.4 is 10.4 Å². The Morgan fingerprint density at radius 3 is 2.57 bits per heavy atom. The minimum absolute atomic E-state index is 0.342. The Kier molecular flexibility index (Phi) is 6.43. The molecular formula is C27H24ClN5O2. The lowest BCUT2D eigenvalue weighted by molar-refractivity contribution is 0.0706. The number of anilines is 1. The van der Waals surface area contributed by atoms with Gasteiger partial charge < -0.3 is 14.8 Å². The summed E-state index contributed by atoms with van der Waals surface area (Å²) in [6.45, 7) is 3.75. The van der Waals surface area contributed by atoms with Gasteiger partial charge in [0.15, 0.2) is 0 Å². The van der Waals surface area contributed by atoms with Gasteiger partial charge in [-0.1, -0.05) is 47.7 Å². The van der Waals surface area contributed by atoms with E-state index in [1.165, 1.54) is 0 Å². The molecule has 1 fully saturated rings. The number of fused-ring (bicyclic) bond motifs is 1. The minimum Gasteiger partial charge on any atom is -0.368 e. The maximum Gasteiger partial charge on any atom is 0.274 e. The maximum absolute atomic E-state index is 11.8. The fourth-order valence-corrected chi connectivity index (χ4v) is 4.34. The van der Waals surface area contributed by atoms with Gasteiger partial charge in [-0.3, -0.25) is 10.0 Å². The number of piperazine rings is 1. The first-order valence-corrected chi connectivity index (χ1v) is 11.7. The fraction of sp³-hybridized carbons (Fsp3) is 0.185. The molecule has 5 rings (SSSR count). The highest BCUT2D eigenvalue weighted by Crippen LogP contribution is 2.29. The number of hydrogen-bond acceptors (Lipinski definition) is 5. The average molecular weight is 486 g/mol. The van der Waals surface area contributed by atoms with E-state index < -0.39 is 5.91 Å². The summed E-state index contributed by atoms with van der Waals surface area (Å²) < 4.78 is 0. The number of aromatic amines is 1. The number of carbonyl (C=O) groups is 1. The van der Waals surface area contributed by atoms with Gasteiger partial charge in [-0.15, -0.1) is 0 Å². The van der Waals surface area contributed by atoms with Crippen LogP contribution in [0.3, 0.4) is 0 Å². The molecule has 35 heavy (non-hydrogen) atoms. The molecule has 1 saturated heterocycles. The van der Waals surface area contributed by atoms with E-state index in [9.17, 15) is 4.79 Å². The molecule has 1 aliphatic heterocycles. The first-order valence-electron chi connectivity index (χ1n) is 11.3. The molecule has 0 atom stereocenters. The van der Waals surface area contributed by atoms with Crippen LogP contribution in [0.2, 0.25) is 5.02 Å². The van der Waals surface area contributed by atoms with E-state index in [1.54, 1.807) is 23.7 Å². The molecule has 3 N–H and O–H groups in total. The zero-order valence-corrected chi connectivity index (χ0v) is 19.9. The van der Waals surface area contributed by atoms with Crippen molar-refractivity contribution < 1.29 is 10.0 Å². The molecule has 1 aliphatic rings. The van der Waals surface area contributed by atoms with Gasteiger partial charge in [0.2, 0.25) is 0 Å². The molecule has 1 aromatic heterocycles. The number of nitrogens with zero attached hydrogens (tertiary/aromatic N) is 3. The Morgan fingerprint density at radius 2 is 1.80 bits per heavy atom. The second-order valence-corrected chi connectivity index (χ2v) is 8.92. The quantitative estimate of drug-likeness (QED) is 0.230. The summed E-state index contributed by atoms with van der Waals surface area (Å²) in [6, 6.07) is 18.6. The number of carbonyl (C=O) groups excluding carboxylic acids is 1. The minimum atomic E-state index is -0.572. The zero-order chi connectivity index (χ0) is 24.4. The van der Waals surface area contributed by atoms with Crippen molar-refractivity contribution in [1.29, 1.82) is 0 Å². The zero-order valence-electron chi connectivity index (χ0n) is 19.2. The second kappa shape index (κ2) is 9.80. The predicted octanol–water partition coefficient (Wildman–Crippen LogP) is 4.15. The number of benzene rings is 3. The molecule has 7 nitrogen and oxygen atoms in total. The van der Waals surface area contributed by atoms with Crippen LogP contribution in [0.5, 0.6) is 0 Å². The molecule has 0 bridgehead atoms. The van der Waals surface area contributed by atoms with Gasteiger partial charge in [0.25, 0.3) is 5.91 Å². The molecule has 0 radical (unpaired) electrons. The van der Waals surface area contributed by atoms with Crippen LogP contribution in [-0.2, 0) is 0 Å². The number of nitrogens with one attached hydrogen (secondary N) is 2. The van der Waals surface area contributed by atoms with Crippen molar-refractivity contribution in [2.75, 3.05) is 38.1 Å². The topological polar surface area (TPSA) is 84.5 Å². The number of likely N-dealkylation sites (N-methyl/N-ethyl adjacent to an activating group) is 1. The van der Waals surface area contributed by atoms with Gasteiger partial charge in [0.1, 0.15) is 5.82 Å². The maximum atomic E-state index is 11.8. The molecule has 2 heterocycles. The lowest BCUT2D eigenvalue weighted by atomic mass is 10.1. The molecule has 0 saturated carbocycles. The van der Waals surface area contributed by atoms with E-state index in [-0.39, 0.29) is 0 Å². The largest absolute Gasteiger partial charge is 0.368 e. The Morgan fingerprint density at radius 1 is 1.03 bits per heavy atom. The van der Waals surface area contributed by atoms with E-state index in [2.05, 4.69) is 39.7 Å².